The lowest BCUT2D eigenvalue weighted by Gasteiger charge is -1.99. The van der Waals surface area contributed by atoms with Crippen LogP contribution in [0.15, 0.2) is 47.8 Å². The molecule has 0 spiro atoms. The molecule has 1 aromatic carbocycles. The van der Waals surface area contributed by atoms with Crippen LogP contribution in [0.3, 0.4) is 0 Å². The Labute approximate surface area is 124 Å². The van der Waals surface area contributed by atoms with Gasteiger partial charge < -0.3 is 5.73 Å². The second-order valence-corrected chi connectivity index (χ2v) is 5.28. The van der Waals surface area contributed by atoms with Gasteiger partial charge in [-0.1, -0.05) is 11.3 Å². The molecule has 0 aliphatic rings. The Morgan fingerprint density at radius 1 is 1.29 bits per heavy atom. The molecule has 7 heteroatoms. The number of aromatic nitrogens is 2. The third-order valence-corrected chi connectivity index (χ3v) is 3.60. The van der Waals surface area contributed by atoms with E-state index in [1.165, 1.54) is 11.3 Å². The monoisotopic (exact) mass is 297 g/mol. The Hall–Kier alpha value is -2.80. The van der Waals surface area contributed by atoms with Gasteiger partial charge in [-0.3, -0.25) is 9.78 Å². The predicted octanol–water partition coefficient (Wildman–Crippen LogP) is 2.04. The molecule has 0 bridgehead atoms. The van der Waals surface area contributed by atoms with Gasteiger partial charge in [0.05, 0.1) is 16.4 Å². The summed E-state index contributed by atoms with van der Waals surface area (Å²) in [5.41, 5.74) is 10.3. The molecule has 0 saturated carbocycles. The van der Waals surface area contributed by atoms with Crippen molar-refractivity contribution in [3.05, 3.63) is 53.9 Å². The van der Waals surface area contributed by atoms with Gasteiger partial charge >= 0.3 is 0 Å². The van der Waals surface area contributed by atoms with E-state index in [1.807, 2.05) is 0 Å². The number of rotatable bonds is 3. The van der Waals surface area contributed by atoms with Crippen LogP contribution in [0.25, 0.3) is 10.2 Å². The van der Waals surface area contributed by atoms with Crippen molar-refractivity contribution in [3.63, 3.8) is 0 Å². The highest BCUT2D eigenvalue weighted by molar-refractivity contribution is 7.22. The van der Waals surface area contributed by atoms with Crippen LogP contribution in [-0.2, 0) is 0 Å². The standard InChI is InChI=1S/C14H11N5OS/c15-14-18-11-2-1-10(7-12(11)21-14)13(20)19-17-8-9-3-5-16-6-4-9/h1-8H,(H2,15,18)(H,19,20)/b17-8-. The fourth-order valence-corrected chi connectivity index (χ4v) is 2.54. The molecular weight excluding hydrogens is 286 g/mol. The summed E-state index contributed by atoms with van der Waals surface area (Å²) in [7, 11) is 0. The number of benzene rings is 1. The van der Waals surface area contributed by atoms with Crippen LogP contribution >= 0.6 is 11.3 Å². The van der Waals surface area contributed by atoms with Crippen LogP contribution in [-0.4, -0.2) is 22.1 Å². The van der Waals surface area contributed by atoms with Gasteiger partial charge in [-0.15, -0.1) is 0 Å². The molecule has 3 rings (SSSR count). The van der Waals surface area contributed by atoms with E-state index in [1.54, 1.807) is 48.9 Å². The predicted molar refractivity (Wildman–Crippen MR) is 83.3 cm³/mol. The lowest BCUT2D eigenvalue weighted by molar-refractivity contribution is 0.0955. The van der Waals surface area contributed by atoms with Crippen molar-refractivity contribution in [1.82, 2.24) is 15.4 Å². The Morgan fingerprint density at radius 3 is 2.90 bits per heavy atom. The second kappa shape index (κ2) is 5.68. The highest BCUT2D eigenvalue weighted by Crippen LogP contribution is 2.24. The van der Waals surface area contributed by atoms with E-state index in [0.717, 1.165) is 15.8 Å². The average molecular weight is 297 g/mol. The van der Waals surface area contributed by atoms with Crippen LogP contribution in [0.2, 0.25) is 0 Å². The summed E-state index contributed by atoms with van der Waals surface area (Å²) >= 11 is 1.35. The highest BCUT2D eigenvalue weighted by atomic mass is 32.1. The molecule has 0 unspecified atom stereocenters. The Morgan fingerprint density at radius 2 is 2.10 bits per heavy atom. The van der Waals surface area contributed by atoms with Crippen molar-refractivity contribution in [2.24, 2.45) is 5.10 Å². The van der Waals surface area contributed by atoms with E-state index in [-0.39, 0.29) is 5.91 Å². The second-order valence-electron chi connectivity index (χ2n) is 4.21. The number of nitrogens with two attached hydrogens (primary N) is 1. The maximum atomic E-state index is 12.0. The molecule has 0 aliphatic heterocycles. The zero-order valence-corrected chi connectivity index (χ0v) is 11.7. The molecule has 3 N–H and O–H groups in total. The molecule has 2 heterocycles. The molecule has 0 atom stereocenters. The molecule has 0 aliphatic carbocycles. The summed E-state index contributed by atoms with van der Waals surface area (Å²) in [6, 6.07) is 8.80. The molecule has 0 saturated heterocycles. The molecule has 1 amide bonds. The van der Waals surface area contributed by atoms with Gasteiger partial charge in [0, 0.05) is 18.0 Å². The minimum Gasteiger partial charge on any atom is -0.375 e. The summed E-state index contributed by atoms with van der Waals surface area (Å²) in [5.74, 6) is -0.283. The number of hydrazone groups is 1. The summed E-state index contributed by atoms with van der Waals surface area (Å²) in [4.78, 5) is 20.0. The van der Waals surface area contributed by atoms with Gasteiger partial charge in [0.15, 0.2) is 5.13 Å². The van der Waals surface area contributed by atoms with Gasteiger partial charge in [0.1, 0.15) is 0 Å². The lowest BCUT2D eigenvalue weighted by atomic mass is 10.2. The number of pyridine rings is 1. The number of nitrogen functional groups attached to an aromatic ring is 1. The van der Waals surface area contributed by atoms with Crippen LogP contribution in [0.1, 0.15) is 15.9 Å². The number of carbonyl (C=O) groups is 1. The molecule has 2 aromatic heterocycles. The van der Waals surface area contributed by atoms with E-state index in [2.05, 4.69) is 20.5 Å². The Bertz CT molecular complexity index is 813. The highest BCUT2D eigenvalue weighted by Gasteiger charge is 2.07. The number of fused-ring (bicyclic) bond motifs is 1. The number of hydrogen-bond donors (Lipinski definition) is 2. The van der Waals surface area contributed by atoms with E-state index in [4.69, 9.17) is 5.73 Å². The normalized spacial score (nSPS) is 11.0. The van der Waals surface area contributed by atoms with Gasteiger partial charge in [0.25, 0.3) is 5.91 Å². The van der Waals surface area contributed by atoms with E-state index in [0.29, 0.717) is 10.7 Å². The average Bonchev–Trinajstić information content (AvgIpc) is 2.87. The van der Waals surface area contributed by atoms with Gasteiger partial charge in [-0.05, 0) is 35.9 Å². The van der Waals surface area contributed by atoms with Crippen molar-refractivity contribution in [2.75, 3.05) is 5.73 Å². The third kappa shape index (κ3) is 3.03. The fraction of sp³-hybridized carbons (Fsp3) is 0. The first-order chi connectivity index (χ1) is 10.2. The minimum absolute atomic E-state index is 0.283. The van der Waals surface area contributed by atoms with Gasteiger partial charge in [-0.2, -0.15) is 5.10 Å². The van der Waals surface area contributed by atoms with Crippen LogP contribution < -0.4 is 11.2 Å². The van der Waals surface area contributed by atoms with Crippen molar-refractivity contribution >= 4 is 38.8 Å². The topological polar surface area (TPSA) is 93.3 Å². The maximum Gasteiger partial charge on any atom is 0.271 e. The van der Waals surface area contributed by atoms with E-state index in [9.17, 15) is 4.79 Å². The van der Waals surface area contributed by atoms with Crippen LogP contribution in [0.4, 0.5) is 5.13 Å². The molecule has 0 fully saturated rings. The van der Waals surface area contributed by atoms with Crippen LogP contribution in [0.5, 0.6) is 0 Å². The largest absolute Gasteiger partial charge is 0.375 e. The third-order valence-electron chi connectivity index (χ3n) is 2.75. The Kier molecular flexibility index (Phi) is 3.57. The van der Waals surface area contributed by atoms with E-state index < -0.39 is 0 Å². The molecule has 104 valence electrons. The molecular formula is C14H11N5OS. The first kappa shape index (κ1) is 13.2. The molecule has 0 radical (unpaired) electrons. The van der Waals surface area contributed by atoms with Crippen molar-refractivity contribution < 1.29 is 4.79 Å². The summed E-state index contributed by atoms with van der Waals surface area (Å²) in [5, 5.41) is 4.40. The minimum atomic E-state index is -0.283. The smallest absolute Gasteiger partial charge is 0.271 e. The maximum absolute atomic E-state index is 12.0. The van der Waals surface area contributed by atoms with Crippen molar-refractivity contribution in [3.8, 4) is 0 Å². The van der Waals surface area contributed by atoms with Gasteiger partial charge in [-0.25, -0.2) is 10.4 Å². The number of nitrogens with zero attached hydrogens (tertiary/aromatic N) is 3. The quantitative estimate of drug-likeness (QED) is 0.571. The Balaban J connectivity index is 1.73. The molecule has 3 aromatic rings. The summed E-state index contributed by atoms with van der Waals surface area (Å²) in [6.45, 7) is 0. The number of thiazole rings is 1. The van der Waals surface area contributed by atoms with Crippen LogP contribution in [0, 0.1) is 0 Å². The zero-order valence-electron chi connectivity index (χ0n) is 10.9. The number of anilines is 1. The van der Waals surface area contributed by atoms with E-state index >= 15 is 0 Å². The summed E-state index contributed by atoms with van der Waals surface area (Å²) < 4.78 is 0.873. The number of carbonyl (C=O) groups excluding carboxylic acids is 1. The number of nitrogens with one attached hydrogen (secondary N) is 1. The first-order valence-electron chi connectivity index (χ1n) is 6.12. The number of hydrogen-bond acceptors (Lipinski definition) is 6. The molecule has 6 nitrogen and oxygen atoms in total. The number of amides is 1. The van der Waals surface area contributed by atoms with Gasteiger partial charge in [0.2, 0.25) is 0 Å². The zero-order chi connectivity index (χ0) is 14.7. The van der Waals surface area contributed by atoms with Crippen molar-refractivity contribution in [2.45, 2.75) is 0 Å². The van der Waals surface area contributed by atoms with Crippen molar-refractivity contribution in [1.29, 1.82) is 0 Å². The first-order valence-corrected chi connectivity index (χ1v) is 6.93. The summed E-state index contributed by atoms with van der Waals surface area (Å²) in [6.07, 6.45) is 4.87. The fourth-order valence-electron chi connectivity index (χ4n) is 1.76. The molecule has 21 heavy (non-hydrogen) atoms. The lowest BCUT2D eigenvalue weighted by Crippen LogP contribution is -2.17. The SMILES string of the molecule is Nc1nc2ccc(C(=O)N/N=C\c3ccncc3)cc2s1.